The van der Waals surface area contributed by atoms with Crippen LogP contribution in [0.2, 0.25) is 5.02 Å². The summed E-state index contributed by atoms with van der Waals surface area (Å²) in [6.45, 7) is 6.59. The molecule has 0 aliphatic carbocycles. The molecule has 1 aromatic rings. The topological polar surface area (TPSA) is 29.3 Å². The van der Waals surface area contributed by atoms with Crippen LogP contribution in [0.3, 0.4) is 0 Å². The predicted molar refractivity (Wildman–Crippen MR) is 84.6 cm³/mol. The van der Waals surface area contributed by atoms with Crippen LogP contribution < -0.4 is 5.73 Å². The van der Waals surface area contributed by atoms with Gasteiger partial charge >= 0.3 is 0 Å². The first kappa shape index (κ1) is 16.5. The highest BCUT2D eigenvalue weighted by Crippen LogP contribution is 2.32. The van der Waals surface area contributed by atoms with Crippen molar-refractivity contribution in [2.75, 3.05) is 7.05 Å². The minimum Gasteiger partial charge on any atom is -0.326 e. The van der Waals surface area contributed by atoms with Gasteiger partial charge in [-0.25, -0.2) is 0 Å². The van der Waals surface area contributed by atoms with Crippen molar-refractivity contribution >= 4 is 11.6 Å². The molecule has 2 nitrogen and oxygen atoms in total. The predicted octanol–water partition coefficient (Wildman–Crippen LogP) is 4.24. The molecule has 0 saturated carbocycles. The fourth-order valence-corrected chi connectivity index (χ4v) is 3.03. The van der Waals surface area contributed by atoms with Crippen molar-refractivity contribution in [3.8, 4) is 0 Å². The lowest BCUT2D eigenvalue weighted by molar-refractivity contribution is 0.140. The molecule has 0 heterocycles. The van der Waals surface area contributed by atoms with E-state index in [1.54, 1.807) is 0 Å². The Morgan fingerprint density at radius 1 is 1.11 bits per heavy atom. The monoisotopic (exact) mass is 282 g/mol. The first-order valence-corrected chi connectivity index (χ1v) is 7.66. The normalized spacial score (nSPS) is 14.9. The molecule has 2 N–H and O–H groups in total. The van der Waals surface area contributed by atoms with E-state index < -0.39 is 0 Å². The first-order chi connectivity index (χ1) is 9.06. The molecule has 0 aliphatic rings. The third-order valence-corrected chi connectivity index (χ3v) is 4.40. The first-order valence-electron chi connectivity index (χ1n) is 7.28. The lowest BCUT2D eigenvalue weighted by Crippen LogP contribution is -2.43. The third-order valence-electron chi connectivity index (χ3n) is 4.06. The molecule has 1 rings (SSSR count). The van der Waals surface area contributed by atoms with Crippen LogP contribution in [0.4, 0.5) is 0 Å². The molecule has 0 spiro atoms. The van der Waals surface area contributed by atoms with Crippen LogP contribution in [0.1, 0.15) is 51.6 Å². The summed E-state index contributed by atoms with van der Waals surface area (Å²) in [4.78, 5) is 2.40. The highest BCUT2D eigenvalue weighted by Gasteiger charge is 2.28. The Bertz CT molecular complexity index is 377. The Kier molecular flexibility index (Phi) is 6.84. The highest BCUT2D eigenvalue weighted by molar-refractivity contribution is 6.31. The summed E-state index contributed by atoms with van der Waals surface area (Å²) in [5.74, 6) is 0. The molecule has 0 saturated heterocycles. The van der Waals surface area contributed by atoms with E-state index in [0.29, 0.717) is 6.04 Å². The van der Waals surface area contributed by atoms with Crippen LogP contribution in [0, 0.1) is 0 Å². The Balaban J connectivity index is 3.12. The SMILES string of the molecule is CCC(N)C(c1ccccc1Cl)N(C)C(CC)CC. The van der Waals surface area contributed by atoms with E-state index in [1.807, 2.05) is 18.2 Å². The molecule has 0 aromatic heterocycles. The maximum absolute atomic E-state index is 6.37. The van der Waals surface area contributed by atoms with Crippen molar-refractivity contribution < 1.29 is 0 Å². The van der Waals surface area contributed by atoms with Gasteiger partial charge in [0.05, 0.1) is 6.04 Å². The standard InChI is InChI=1S/C16H27ClN2/c1-5-12(6-2)19(4)16(15(18)7-3)13-10-8-9-11-14(13)17/h8-12,15-16H,5-7,18H2,1-4H3. The van der Waals surface area contributed by atoms with Gasteiger partial charge in [-0.15, -0.1) is 0 Å². The van der Waals surface area contributed by atoms with E-state index in [4.69, 9.17) is 17.3 Å². The van der Waals surface area contributed by atoms with Gasteiger partial charge in [-0.1, -0.05) is 50.6 Å². The summed E-state index contributed by atoms with van der Waals surface area (Å²) in [5.41, 5.74) is 7.51. The lowest BCUT2D eigenvalue weighted by atomic mass is 9.94. The second-order valence-electron chi connectivity index (χ2n) is 5.17. The molecular formula is C16H27ClN2. The van der Waals surface area contributed by atoms with Gasteiger partial charge in [-0.05, 0) is 37.9 Å². The molecule has 0 fully saturated rings. The van der Waals surface area contributed by atoms with Gasteiger partial charge in [0, 0.05) is 17.1 Å². The largest absolute Gasteiger partial charge is 0.326 e. The second kappa shape index (κ2) is 7.88. The van der Waals surface area contributed by atoms with Crippen molar-refractivity contribution in [1.82, 2.24) is 4.90 Å². The van der Waals surface area contributed by atoms with Crippen LogP contribution in [0.15, 0.2) is 24.3 Å². The molecule has 0 amide bonds. The zero-order valence-corrected chi connectivity index (χ0v) is 13.3. The van der Waals surface area contributed by atoms with Crippen LogP contribution in [-0.2, 0) is 0 Å². The Morgan fingerprint density at radius 2 is 1.68 bits per heavy atom. The fourth-order valence-electron chi connectivity index (χ4n) is 2.78. The van der Waals surface area contributed by atoms with E-state index in [-0.39, 0.29) is 12.1 Å². The summed E-state index contributed by atoms with van der Waals surface area (Å²) < 4.78 is 0. The Hall–Kier alpha value is -0.570. The summed E-state index contributed by atoms with van der Waals surface area (Å²) in [6.07, 6.45) is 3.20. The Morgan fingerprint density at radius 3 is 2.16 bits per heavy atom. The van der Waals surface area contributed by atoms with Crippen LogP contribution in [-0.4, -0.2) is 24.0 Å². The van der Waals surface area contributed by atoms with Crippen LogP contribution in [0.25, 0.3) is 0 Å². The molecule has 2 atom stereocenters. The van der Waals surface area contributed by atoms with Crippen molar-refractivity contribution in [1.29, 1.82) is 0 Å². The van der Waals surface area contributed by atoms with E-state index in [0.717, 1.165) is 29.8 Å². The van der Waals surface area contributed by atoms with E-state index in [9.17, 15) is 0 Å². The van der Waals surface area contributed by atoms with Crippen molar-refractivity contribution in [3.63, 3.8) is 0 Å². The average molecular weight is 283 g/mol. The number of halogens is 1. The summed E-state index contributed by atoms with van der Waals surface area (Å²) in [7, 11) is 2.17. The minimum absolute atomic E-state index is 0.102. The second-order valence-corrected chi connectivity index (χ2v) is 5.58. The molecule has 19 heavy (non-hydrogen) atoms. The number of likely N-dealkylation sites (N-methyl/N-ethyl adjacent to an activating group) is 1. The molecule has 1 aromatic carbocycles. The molecule has 3 heteroatoms. The summed E-state index contributed by atoms with van der Waals surface area (Å²) >= 11 is 6.37. The quantitative estimate of drug-likeness (QED) is 0.810. The van der Waals surface area contributed by atoms with Crippen molar-refractivity contribution in [3.05, 3.63) is 34.9 Å². The molecular weight excluding hydrogens is 256 g/mol. The summed E-state index contributed by atoms with van der Waals surface area (Å²) in [6, 6.07) is 8.89. The number of nitrogens with two attached hydrogens (primary N) is 1. The summed E-state index contributed by atoms with van der Waals surface area (Å²) in [5, 5.41) is 0.814. The maximum atomic E-state index is 6.37. The molecule has 0 radical (unpaired) electrons. The van der Waals surface area contributed by atoms with Gasteiger partial charge in [0.1, 0.15) is 0 Å². The van der Waals surface area contributed by atoms with Crippen molar-refractivity contribution in [2.45, 2.75) is 58.2 Å². The third kappa shape index (κ3) is 3.95. The lowest BCUT2D eigenvalue weighted by Gasteiger charge is -2.38. The smallest absolute Gasteiger partial charge is 0.0513 e. The van der Waals surface area contributed by atoms with E-state index >= 15 is 0 Å². The fraction of sp³-hybridized carbons (Fsp3) is 0.625. The highest BCUT2D eigenvalue weighted by atomic mass is 35.5. The number of hydrogen-bond donors (Lipinski definition) is 1. The van der Waals surface area contributed by atoms with Gasteiger partial charge in [-0.2, -0.15) is 0 Å². The number of benzene rings is 1. The number of hydrogen-bond acceptors (Lipinski definition) is 2. The van der Waals surface area contributed by atoms with Gasteiger partial charge in [0.2, 0.25) is 0 Å². The van der Waals surface area contributed by atoms with Crippen LogP contribution >= 0.6 is 11.6 Å². The number of rotatable bonds is 7. The van der Waals surface area contributed by atoms with Gasteiger partial charge in [0.15, 0.2) is 0 Å². The van der Waals surface area contributed by atoms with Crippen LogP contribution in [0.5, 0.6) is 0 Å². The molecule has 108 valence electrons. The maximum Gasteiger partial charge on any atom is 0.0513 e. The number of nitrogens with zero attached hydrogens (tertiary/aromatic N) is 1. The van der Waals surface area contributed by atoms with Gasteiger partial charge < -0.3 is 5.73 Å². The average Bonchev–Trinajstić information content (AvgIpc) is 2.42. The Labute approximate surface area is 122 Å². The molecule has 0 aliphatic heterocycles. The van der Waals surface area contributed by atoms with Gasteiger partial charge in [-0.3, -0.25) is 4.90 Å². The van der Waals surface area contributed by atoms with E-state index in [2.05, 4.69) is 38.8 Å². The van der Waals surface area contributed by atoms with E-state index in [1.165, 1.54) is 0 Å². The van der Waals surface area contributed by atoms with Gasteiger partial charge in [0.25, 0.3) is 0 Å². The zero-order valence-electron chi connectivity index (χ0n) is 12.6. The molecule has 0 bridgehead atoms. The zero-order chi connectivity index (χ0) is 14.4. The molecule has 2 unspecified atom stereocenters. The van der Waals surface area contributed by atoms with Crippen molar-refractivity contribution in [2.24, 2.45) is 5.73 Å². The minimum atomic E-state index is 0.102.